The fourth-order valence-electron chi connectivity index (χ4n) is 4.26. The van der Waals surface area contributed by atoms with E-state index in [1.807, 2.05) is 0 Å². The van der Waals surface area contributed by atoms with Crippen molar-refractivity contribution in [2.75, 3.05) is 5.32 Å². The highest BCUT2D eigenvalue weighted by atomic mass is 35.5. The summed E-state index contributed by atoms with van der Waals surface area (Å²) in [5.74, 6) is 0.363. The van der Waals surface area contributed by atoms with Crippen LogP contribution in [0.25, 0.3) is 0 Å². The van der Waals surface area contributed by atoms with E-state index in [2.05, 4.69) is 59.9 Å². The fourth-order valence-corrected chi connectivity index (χ4v) is 5.06. The molecule has 0 amide bonds. The van der Waals surface area contributed by atoms with Crippen LogP contribution in [0.15, 0.2) is 18.2 Å². The first kappa shape index (κ1) is 21.4. The summed E-state index contributed by atoms with van der Waals surface area (Å²) >= 11 is 7.12. The molecule has 2 aromatic rings. The third-order valence-electron chi connectivity index (χ3n) is 4.84. The lowest BCUT2D eigenvalue weighted by Crippen LogP contribution is -2.62. The molecule has 0 aliphatic carbocycles. The first-order valence-electron chi connectivity index (χ1n) is 9.61. The highest BCUT2D eigenvalue weighted by Crippen LogP contribution is 2.29. The normalized spacial score (nSPS) is 20.1. The van der Waals surface area contributed by atoms with Gasteiger partial charge in [0.1, 0.15) is 11.6 Å². The van der Waals surface area contributed by atoms with Gasteiger partial charge in [0.25, 0.3) is 0 Å². The Morgan fingerprint density at radius 1 is 1.29 bits per heavy atom. The van der Waals surface area contributed by atoms with E-state index >= 15 is 0 Å². The molecule has 3 N–H and O–H groups in total. The van der Waals surface area contributed by atoms with Gasteiger partial charge in [0.05, 0.1) is 5.02 Å². The zero-order chi connectivity index (χ0) is 20.5. The topological polar surface area (TPSA) is 61.9 Å². The summed E-state index contributed by atoms with van der Waals surface area (Å²) < 4.78 is 17.7. The molecule has 1 atom stereocenters. The molecule has 1 saturated heterocycles. The second-order valence-corrected chi connectivity index (χ2v) is 10.2. The highest BCUT2D eigenvalue weighted by molar-refractivity contribution is 7.09. The smallest absolute Gasteiger partial charge is 0.207 e. The molecule has 0 radical (unpaired) electrons. The molecule has 1 fully saturated rings. The van der Waals surface area contributed by atoms with Gasteiger partial charge in [0.15, 0.2) is 0 Å². The zero-order valence-corrected chi connectivity index (χ0v) is 18.6. The van der Waals surface area contributed by atoms with Crippen LogP contribution in [0.3, 0.4) is 0 Å². The second kappa shape index (κ2) is 8.22. The summed E-state index contributed by atoms with van der Waals surface area (Å²) in [5.41, 5.74) is 0.927. The molecule has 0 bridgehead atoms. The minimum absolute atomic E-state index is 0.0837. The number of rotatable bonds is 6. The molecule has 1 aromatic carbocycles. The number of halogens is 2. The zero-order valence-electron chi connectivity index (χ0n) is 17.1. The van der Waals surface area contributed by atoms with Gasteiger partial charge >= 0.3 is 0 Å². The largest absolute Gasteiger partial charge is 0.330 e. The molecule has 3 rings (SSSR count). The molecular formula is C20H29ClFN5S. The first-order chi connectivity index (χ1) is 13.0. The van der Waals surface area contributed by atoms with E-state index < -0.39 is 5.82 Å². The van der Waals surface area contributed by atoms with Gasteiger partial charge in [-0.15, -0.1) is 0 Å². The Hall–Kier alpha value is -1.28. The first-order valence-corrected chi connectivity index (χ1v) is 10.8. The van der Waals surface area contributed by atoms with Crippen LogP contribution in [0.5, 0.6) is 0 Å². The van der Waals surface area contributed by atoms with Crippen molar-refractivity contribution >= 4 is 34.0 Å². The van der Waals surface area contributed by atoms with Crippen LogP contribution in [-0.4, -0.2) is 32.5 Å². The Kier molecular flexibility index (Phi) is 6.29. The summed E-state index contributed by atoms with van der Waals surface area (Å²) in [6.07, 6.45) is 2.93. The lowest BCUT2D eigenvalue weighted by molar-refractivity contribution is 0.140. The van der Waals surface area contributed by atoms with E-state index in [1.165, 1.54) is 17.6 Å². The minimum atomic E-state index is -0.436. The van der Waals surface area contributed by atoms with Crippen LogP contribution in [0.2, 0.25) is 5.02 Å². The van der Waals surface area contributed by atoms with Gasteiger partial charge in [-0.05, 0) is 65.7 Å². The van der Waals surface area contributed by atoms with Crippen molar-refractivity contribution in [2.24, 2.45) is 0 Å². The molecular weight excluding hydrogens is 397 g/mol. The monoisotopic (exact) mass is 425 g/mol. The Labute approximate surface area is 175 Å². The third kappa shape index (κ3) is 5.86. The molecule has 1 unspecified atom stereocenters. The van der Waals surface area contributed by atoms with E-state index in [4.69, 9.17) is 11.6 Å². The number of hydrogen-bond donors (Lipinski definition) is 3. The number of nitrogens with zero attached hydrogens (tertiary/aromatic N) is 2. The molecule has 28 heavy (non-hydrogen) atoms. The highest BCUT2D eigenvalue weighted by Gasteiger charge is 2.37. The minimum Gasteiger partial charge on any atom is -0.330 e. The van der Waals surface area contributed by atoms with Crippen LogP contribution in [-0.2, 0) is 6.42 Å². The average molecular weight is 426 g/mol. The van der Waals surface area contributed by atoms with Crippen molar-refractivity contribution in [1.29, 1.82) is 0 Å². The molecule has 2 heterocycles. The quantitative estimate of drug-likeness (QED) is 0.614. The van der Waals surface area contributed by atoms with Gasteiger partial charge in [-0.25, -0.2) is 9.37 Å². The lowest BCUT2D eigenvalue weighted by atomic mass is 9.79. The number of nitrogens with one attached hydrogen (secondary N) is 3. The van der Waals surface area contributed by atoms with Gasteiger partial charge in [-0.3, -0.25) is 0 Å². The average Bonchev–Trinajstić information content (AvgIpc) is 2.94. The Morgan fingerprint density at radius 2 is 1.96 bits per heavy atom. The molecule has 154 valence electrons. The molecule has 1 aromatic heterocycles. The van der Waals surface area contributed by atoms with Crippen molar-refractivity contribution in [3.63, 3.8) is 0 Å². The van der Waals surface area contributed by atoms with Gasteiger partial charge < -0.3 is 16.0 Å². The van der Waals surface area contributed by atoms with Crippen LogP contribution in [0.4, 0.5) is 15.2 Å². The van der Waals surface area contributed by atoms with Crippen molar-refractivity contribution < 1.29 is 4.39 Å². The van der Waals surface area contributed by atoms with Gasteiger partial charge in [-0.1, -0.05) is 11.6 Å². The molecule has 0 saturated carbocycles. The van der Waals surface area contributed by atoms with Crippen molar-refractivity contribution in [3.8, 4) is 0 Å². The number of benzene rings is 1. The molecule has 0 spiro atoms. The van der Waals surface area contributed by atoms with Crippen LogP contribution in [0, 0.1) is 5.82 Å². The Balaban J connectivity index is 1.56. The van der Waals surface area contributed by atoms with Crippen LogP contribution < -0.4 is 16.0 Å². The Bertz CT molecular complexity index is 807. The molecule has 8 heteroatoms. The predicted octanol–water partition coefficient (Wildman–Crippen LogP) is 4.90. The maximum Gasteiger partial charge on any atom is 0.207 e. The maximum absolute atomic E-state index is 13.3. The molecule has 1 aliphatic rings. The number of anilines is 2. The number of hydrogen-bond acceptors (Lipinski definition) is 6. The molecule has 5 nitrogen and oxygen atoms in total. The van der Waals surface area contributed by atoms with Crippen molar-refractivity contribution in [1.82, 2.24) is 20.0 Å². The summed E-state index contributed by atoms with van der Waals surface area (Å²) in [6.45, 7) is 11.2. The van der Waals surface area contributed by atoms with E-state index in [9.17, 15) is 4.39 Å². The van der Waals surface area contributed by atoms with Crippen molar-refractivity contribution in [2.45, 2.75) is 77.0 Å². The van der Waals surface area contributed by atoms with Crippen molar-refractivity contribution in [3.05, 3.63) is 34.9 Å². The standard InChI is InChI=1S/C20H29ClFN5S/c1-12(23-14-10-19(2,3)27-20(4,5)11-14)8-17-25-18(28-26-17)24-13-6-7-16(22)15(21)9-13/h6-7,9,12,14,23,27H,8,10-11H2,1-5H3,(H,24,25,26). The maximum atomic E-state index is 13.3. The van der Waals surface area contributed by atoms with Gasteiger partial charge in [0.2, 0.25) is 5.13 Å². The number of piperidine rings is 1. The lowest BCUT2D eigenvalue weighted by Gasteiger charge is -2.47. The SMILES string of the molecule is CC(Cc1nsc(Nc2ccc(F)c(Cl)c2)n1)NC1CC(C)(C)NC(C)(C)C1. The third-order valence-corrected chi connectivity index (χ3v) is 5.80. The predicted molar refractivity (Wildman–Crippen MR) is 115 cm³/mol. The molecule has 1 aliphatic heterocycles. The van der Waals surface area contributed by atoms with Gasteiger partial charge in [-0.2, -0.15) is 4.37 Å². The van der Waals surface area contributed by atoms with E-state index in [-0.39, 0.29) is 22.1 Å². The van der Waals surface area contributed by atoms with Gasteiger partial charge in [0, 0.05) is 46.8 Å². The summed E-state index contributed by atoms with van der Waals surface area (Å²) in [7, 11) is 0. The second-order valence-electron chi connectivity index (χ2n) is 9.04. The summed E-state index contributed by atoms with van der Waals surface area (Å²) in [6, 6.07) is 5.24. The number of aromatic nitrogens is 2. The van der Waals surface area contributed by atoms with E-state index in [1.54, 1.807) is 12.1 Å². The van der Waals surface area contributed by atoms with Crippen LogP contribution in [0.1, 0.15) is 53.3 Å². The van der Waals surface area contributed by atoms with Crippen LogP contribution >= 0.6 is 23.1 Å². The van der Waals surface area contributed by atoms with E-state index in [0.29, 0.717) is 16.9 Å². The fraction of sp³-hybridized carbons (Fsp3) is 0.600. The summed E-state index contributed by atoms with van der Waals surface area (Å²) in [4.78, 5) is 4.56. The summed E-state index contributed by atoms with van der Waals surface area (Å²) in [5, 5.41) is 11.4. The Morgan fingerprint density at radius 3 is 2.61 bits per heavy atom. The van der Waals surface area contributed by atoms with E-state index in [0.717, 1.165) is 25.1 Å².